The molecule has 0 saturated heterocycles. The van der Waals surface area contributed by atoms with E-state index in [1.54, 1.807) is 31.2 Å². The molecule has 3 rings (SSSR count). The van der Waals surface area contributed by atoms with Gasteiger partial charge in [0.2, 0.25) is 16.0 Å². The number of sulfonamides is 2. The Kier molecular flexibility index (Phi) is 6.51. The van der Waals surface area contributed by atoms with Gasteiger partial charge in [-0.2, -0.15) is 0 Å². The van der Waals surface area contributed by atoms with Crippen LogP contribution in [0.4, 0.5) is 11.6 Å². The maximum absolute atomic E-state index is 12.5. The molecule has 0 unspecified atom stereocenters. The van der Waals surface area contributed by atoms with Gasteiger partial charge in [0.1, 0.15) is 0 Å². The van der Waals surface area contributed by atoms with Crippen LogP contribution in [0.2, 0.25) is 10.0 Å². The number of hydrogen-bond acceptors (Lipinski definition) is 6. The average Bonchev–Trinajstić information content (AvgIpc) is 2.65. The Morgan fingerprint density at radius 2 is 1.53 bits per heavy atom. The first-order valence-electron chi connectivity index (χ1n) is 8.42. The summed E-state index contributed by atoms with van der Waals surface area (Å²) in [5.41, 5.74) is 1.06. The molecule has 0 fully saturated rings. The first-order valence-corrected chi connectivity index (χ1v) is 12.3. The first kappa shape index (κ1) is 22.3. The highest BCUT2D eigenvalue weighted by atomic mass is 35.5. The van der Waals surface area contributed by atoms with Crippen molar-refractivity contribution in [2.24, 2.45) is 0 Å². The Morgan fingerprint density at radius 3 is 2.13 bits per heavy atom. The van der Waals surface area contributed by atoms with Crippen molar-refractivity contribution >= 4 is 54.9 Å². The molecule has 2 aromatic carbocycles. The lowest BCUT2D eigenvalue weighted by Crippen LogP contribution is -2.17. The predicted octanol–water partition coefficient (Wildman–Crippen LogP) is 3.83. The smallest absolute Gasteiger partial charge is 0.264 e. The molecule has 2 N–H and O–H groups in total. The summed E-state index contributed by atoms with van der Waals surface area (Å²) in [6.07, 6.45) is 1.43. The van der Waals surface area contributed by atoms with Crippen LogP contribution in [0.3, 0.4) is 0 Å². The van der Waals surface area contributed by atoms with Crippen LogP contribution in [0, 0.1) is 6.92 Å². The van der Waals surface area contributed by atoms with Crippen molar-refractivity contribution in [2.75, 3.05) is 9.44 Å². The third-order valence-corrected chi connectivity index (χ3v) is 7.12. The van der Waals surface area contributed by atoms with Crippen molar-refractivity contribution in [1.29, 1.82) is 0 Å². The van der Waals surface area contributed by atoms with E-state index in [1.807, 2.05) is 0 Å². The number of rotatable bonds is 7. The molecule has 0 radical (unpaired) electrons. The summed E-state index contributed by atoms with van der Waals surface area (Å²) in [5.74, 6) is -0.492. The van der Waals surface area contributed by atoms with Gasteiger partial charge in [0.05, 0.1) is 10.6 Å². The van der Waals surface area contributed by atoms with E-state index in [1.165, 1.54) is 30.5 Å². The fourth-order valence-electron chi connectivity index (χ4n) is 2.46. The second-order valence-corrected chi connectivity index (χ2v) is 10.4. The molecule has 158 valence electrons. The molecule has 3 aromatic rings. The van der Waals surface area contributed by atoms with Gasteiger partial charge < -0.3 is 0 Å². The normalized spacial score (nSPS) is 11.8. The molecule has 0 atom stereocenters. The van der Waals surface area contributed by atoms with Crippen LogP contribution in [0.25, 0.3) is 0 Å². The molecular weight excluding hydrogens is 471 g/mol. The maximum Gasteiger partial charge on any atom is 0.264 e. The van der Waals surface area contributed by atoms with Gasteiger partial charge in [-0.25, -0.2) is 31.5 Å². The standard InChI is InChI=1S/C18H16Cl2N4O4S2/c1-12-9-10-21-18(22-12)24-30(27,28)14-7-5-13(6-8-14)23-29(25,26)11-15-16(19)3-2-4-17(15)20/h2-10,23H,11H2,1H3,(H,21,22,24). The number of nitrogens with one attached hydrogen (secondary N) is 2. The Labute approximate surface area is 184 Å². The maximum atomic E-state index is 12.5. The second kappa shape index (κ2) is 8.76. The summed E-state index contributed by atoms with van der Waals surface area (Å²) < 4.78 is 54.5. The molecule has 30 heavy (non-hydrogen) atoms. The summed E-state index contributed by atoms with van der Waals surface area (Å²) in [5, 5.41) is 0.470. The number of hydrogen-bond donors (Lipinski definition) is 2. The van der Waals surface area contributed by atoms with E-state index in [2.05, 4.69) is 19.4 Å². The number of aromatic nitrogens is 2. The highest BCUT2D eigenvalue weighted by molar-refractivity contribution is 7.92. The number of anilines is 2. The monoisotopic (exact) mass is 486 g/mol. The second-order valence-electron chi connectivity index (χ2n) is 6.21. The lowest BCUT2D eigenvalue weighted by atomic mass is 10.2. The minimum absolute atomic E-state index is 0.0589. The molecule has 0 aliphatic carbocycles. The van der Waals surface area contributed by atoms with Gasteiger partial charge in [-0.15, -0.1) is 0 Å². The third kappa shape index (κ3) is 5.60. The zero-order valence-corrected chi connectivity index (χ0v) is 18.6. The summed E-state index contributed by atoms with van der Waals surface area (Å²) in [7, 11) is -7.78. The highest BCUT2D eigenvalue weighted by Gasteiger charge is 2.19. The molecular formula is C18H16Cl2N4O4S2. The molecule has 0 saturated carbocycles. The molecule has 8 nitrogen and oxygen atoms in total. The van der Waals surface area contributed by atoms with Gasteiger partial charge in [-0.05, 0) is 49.4 Å². The zero-order chi connectivity index (χ0) is 21.9. The Balaban J connectivity index is 1.75. The van der Waals surface area contributed by atoms with Gasteiger partial charge in [-0.3, -0.25) is 4.72 Å². The number of aryl methyl sites for hydroxylation is 1. The fraction of sp³-hybridized carbons (Fsp3) is 0.111. The van der Waals surface area contributed by atoms with Crippen LogP contribution in [0.5, 0.6) is 0 Å². The van der Waals surface area contributed by atoms with E-state index < -0.39 is 25.8 Å². The van der Waals surface area contributed by atoms with E-state index in [0.717, 1.165) is 0 Å². The number of halogens is 2. The van der Waals surface area contributed by atoms with Gasteiger partial charge in [0, 0.05) is 33.2 Å². The van der Waals surface area contributed by atoms with Gasteiger partial charge in [0.25, 0.3) is 10.0 Å². The molecule has 1 aromatic heterocycles. The van der Waals surface area contributed by atoms with E-state index >= 15 is 0 Å². The summed E-state index contributed by atoms with van der Waals surface area (Å²) >= 11 is 12.1. The van der Waals surface area contributed by atoms with Crippen LogP contribution in [-0.4, -0.2) is 26.8 Å². The predicted molar refractivity (Wildman–Crippen MR) is 117 cm³/mol. The van der Waals surface area contributed by atoms with Crippen molar-refractivity contribution in [3.63, 3.8) is 0 Å². The number of nitrogens with zero attached hydrogens (tertiary/aromatic N) is 2. The molecule has 0 amide bonds. The van der Waals surface area contributed by atoms with Crippen LogP contribution < -0.4 is 9.44 Å². The van der Waals surface area contributed by atoms with Crippen LogP contribution in [0.15, 0.2) is 59.6 Å². The van der Waals surface area contributed by atoms with E-state index in [-0.39, 0.29) is 32.1 Å². The Hall–Kier alpha value is -2.40. The van der Waals surface area contributed by atoms with Crippen LogP contribution in [-0.2, 0) is 25.8 Å². The van der Waals surface area contributed by atoms with E-state index in [9.17, 15) is 16.8 Å². The van der Waals surface area contributed by atoms with Crippen molar-refractivity contribution in [3.05, 3.63) is 76.0 Å². The van der Waals surface area contributed by atoms with Crippen LogP contribution >= 0.6 is 23.2 Å². The SMILES string of the molecule is Cc1ccnc(NS(=O)(=O)c2ccc(NS(=O)(=O)Cc3c(Cl)cccc3Cl)cc2)n1. The van der Waals surface area contributed by atoms with Gasteiger partial charge >= 0.3 is 0 Å². The molecule has 1 heterocycles. The van der Waals surface area contributed by atoms with Crippen molar-refractivity contribution in [2.45, 2.75) is 17.6 Å². The van der Waals surface area contributed by atoms with Gasteiger partial charge in [0.15, 0.2) is 0 Å². The van der Waals surface area contributed by atoms with E-state index in [4.69, 9.17) is 23.2 Å². The highest BCUT2D eigenvalue weighted by Crippen LogP contribution is 2.27. The summed E-state index contributed by atoms with van der Waals surface area (Å²) in [6.45, 7) is 1.70. The molecule has 0 aliphatic heterocycles. The fourth-order valence-corrected chi connectivity index (χ4v) is 5.35. The minimum atomic E-state index is -3.94. The van der Waals surface area contributed by atoms with Crippen LogP contribution in [0.1, 0.15) is 11.3 Å². The molecule has 0 aliphatic rings. The number of benzene rings is 2. The topological polar surface area (TPSA) is 118 Å². The molecule has 0 spiro atoms. The lowest BCUT2D eigenvalue weighted by molar-refractivity contribution is 0.599. The van der Waals surface area contributed by atoms with Crippen molar-refractivity contribution in [1.82, 2.24) is 9.97 Å². The summed E-state index contributed by atoms with van der Waals surface area (Å²) in [6, 6.07) is 11.5. The van der Waals surface area contributed by atoms with Crippen molar-refractivity contribution < 1.29 is 16.8 Å². The van der Waals surface area contributed by atoms with Crippen molar-refractivity contribution in [3.8, 4) is 0 Å². The first-order chi connectivity index (χ1) is 14.1. The Morgan fingerprint density at radius 1 is 0.900 bits per heavy atom. The zero-order valence-electron chi connectivity index (χ0n) is 15.5. The quantitative estimate of drug-likeness (QED) is 0.523. The third-order valence-electron chi connectivity index (χ3n) is 3.85. The average molecular weight is 487 g/mol. The molecule has 0 bridgehead atoms. The largest absolute Gasteiger partial charge is 0.283 e. The Bertz CT molecular complexity index is 1260. The lowest BCUT2D eigenvalue weighted by Gasteiger charge is -2.11. The van der Waals surface area contributed by atoms with E-state index in [0.29, 0.717) is 5.69 Å². The minimum Gasteiger partial charge on any atom is -0.283 e. The van der Waals surface area contributed by atoms with Gasteiger partial charge in [-0.1, -0.05) is 29.3 Å². The molecule has 12 heteroatoms. The summed E-state index contributed by atoms with van der Waals surface area (Å²) in [4.78, 5) is 7.77.